The quantitative estimate of drug-likeness (QED) is 0.630. The number of aliphatic hydroxyl groups excluding tert-OH is 1. The Morgan fingerprint density at radius 2 is 1.95 bits per heavy atom. The Hall–Kier alpha value is -1.83. The van der Waals surface area contributed by atoms with Crippen molar-refractivity contribution in [2.75, 3.05) is 25.4 Å². The van der Waals surface area contributed by atoms with Crippen molar-refractivity contribution in [1.82, 2.24) is 4.90 Å². The summed E-state index contributed by atoms with van der Waals surface area (Å²) in [7, 11) is 0. The van der Waals surface area contributed by atoms with E-state index in [2.05, 4.69) is 0 Å². The Balaban J connectivity index is 3.05. The number of aliphatic hydroxyl groups is 1. The Labute approximate surface area is 106 Å². The molecule has 0 heterocycles. The average molecular weight is 280 g/mol. The maximum Gasteiger partial charge on any atom is 0.257 e. The number of rotatable bonds is 5. The normalized spacial score (nSPS) is 10.8. The fraction of sp³-hybridized carbons (Fsp3) is 0.364. The molecule has 0 atom stereocenters. The van der Waals surface area contributed by atoms with Crippen LogP contribution in [0.25, 0.3) is 0 Å². The molecule has 0 radical (unpaired) electrons. The molecule has 0 unspecified atom stereocenters. The van der Waals surface area contributed by atoms with Gasteiger partial charge in [-0.1, -0.05) is 0 Å². The molecule has 0 aliphatic rings. The van der Waals surface area contributed by atoms with Crippen LogP contribution in [0.2, 0.25) is 0 Å². The van der Waals surface area contributed by atoms with Gasteiger partial charge in [-0.15, -0.1) is 0 Å². The summed E-state index contributed by atoms with van der Waals surface area (Å²) in [5.41, 5.74) is 4.11. The molecule has 0 aliphatic carbocycles. The third-order valence-corrected chi connectivity index (χ3v) is 2.33. The highest BCUT2D eigenvalue weighted by atomic mass is 19.3. The summed E-state index contributed by atoms with van der Waals surface area (Å²) >= 11 is 0. The van der Waals surface area contributed by atoms with Gasteiger partial charge in [-0.05, 0) is 6.07 Å². The van der Waals surface area contributed by atoms with E-state index in [9.17, 15) is 22.4 Å². The van der Waals surface area contributed by atoms with Gasteiger partial charge in [-0.3, -0.25) is 4.79 Å². The molecule has 4 nitrogen and oxygen atoms in total. The molecular weight excluding hydrogens is 268 g/mol. The number of halogens is 4. The molecule has 0 saturated heterocycles. The number of benzene rings is 1. The second kappa shape index (κ2) is 6.37. The van der Waals surface area contributed by atoms with Crippen LogP contribution in [0.4, 0.5) is 23.2 Å². The molecule has 1 aromatic rings. The first kappa shape index (κ1) is 15.2. The molecule has 1 rings (SSSR count). The second-order valence-corrected chi connectivity index (χ2v) is 3.72. The Morgan fingerprint density at radius 3 is 2.47 bits per heavy atom. The van der Waals surface area contributed by atoms with Crippen LogP contribution in [0.1, 0.15) is 10.4 Å². The monoisotopic (exact) mass is 280 g/mol. The Bertz CT molecular complexity index is 468. The van der Waals surface area contributed by atoms with E-state index in [0.29, 0.717) is 11.0 Å². The van der Waals surface area contributed by atoms with E-state index in [1.165, 1.54) is 0 Å². The van der Waals surface area contributed by atoms with E-state index in [4.69, 9.17) is 10.8 Å². The molecular formula is C11H12F4N2O2. The number of carbonyl (C=O) groups excluding carboxylic acids is 1. The first-order valence-electron chi connectivity index (χ1n) is 5.29. The lowest BCUT2D eigenvalue weighted by atomic mass is 10.1. The molecule has 0 aliphatic heterocycles. The van der Waals surface area contributed by atoms with E-state index in [1.807, 2.05) is 0 Å². The largest absolute Gasteiger partial charge is 0.396 e. The number of nitrogen functional groups attached to an aromatic ring is 1. The summed E-state index contributed by atoms with van der Waals surface area (Å²) in [5.74, 6) is -3.33. The van der Waals surface area contributed by atoms with Gasteiger partial charge in [0.25, 0.3) is 12.3 Å². The molecule has 0 bridgehead atoms. The number of carbonyl (C=O) groups is 1. The first-order valence-corrected chi connectivity index (χ1v) is 5.29. The maximum atomic E-state index is 13.4. The van der Waals surface area contributed by atoms with Crippen LogP contribution < -0.4 is 5.73 Å². The second-order valence-electron chi connectivity index (χ2n) is 3.72. The predicted octanol–water partition coefficient (Wildman–Crippen LogP) is 1.25. The van der Waals surface area contributed by atoms with Crippen LogP contribution in [0.3, 0.4) is 0 Å². The van der Waals surface area contributed by atoms with E-state index in [1.54, 1.807) is 0 Å². The summed E-state index contributed by atoms with van der Waals surface area (Å²) in [6.45, 7) is -1.91. The highest BCUT2D eigenvalue weighted by Gasteiger charge is 2.23. The Kier molecular flexibility index (Phi) is 5.11. The summed E-state index contributed by atoms with van der Waals surface area (Å²) in [5, 5.41) is 8.70. The number of hydrogen-bond donors (Lipinski definition) is 2. The van der Waals surface area contributed by atoms with Gasteiger partial charge in [0.1, 0.15) is 11.6 Å². The van der Waals surface area contributed by atoms with Gasteiger partial charge < -0.3 is 15.7 Å². The summed E-state index contributed by atoms with van der Waals surface area (Å²) in [4.78, 5) is 12.4. The molecule has 1 aromatic carbocycles. The highest BCUT2D eigenvalue weighted by molar-refractivity contribution is 5.95. The zero-order valence-corrected chi connectivity index (χ0v) is 9.75. The number of anilines is 1. The molecule has 0 fully saturated rings. The lowest BCUT2D eigenvalue weighted by Crippen LogP contribution is -2.37. The smallest absolute Gasteiger partial charge is 0.257 e. The highest BCUT2D eigenvalue weighted by Crippen LogP contribution is 2.18. The SMILES string of the molecule is Nc1cc(C(=O)N(CCO)CC(F)F)c(F)cc1F. The van der Waals surface area contributed by atoms with Crippen LogP contribution in [0, 0.1) is 11.6 Å². The van der Waals surface area contributed by atoms with Crippen LogP contribution in [0.15, 0.2) is 12.1 Å². The van der Waals surface area contributed by atoms with Gasteiger partial charge in [0.15, 0.2) is 0 Å². The van der Waals surface area contributed by atoms with Crippen LogP contribution in [0.5, 0.6) is 0 Å². The van der Waals surface area contributed by atoms with Crippen LogP contribution in [-0.4, -0.2) is 42.0 Å². The Morgan fingerprint density at radius 1 is 1.32 bits per heavy atom. The third-order valence-electron chi connectivity index (χ3n) is 2.33. The minimum Gasteiger partial charge on any atom is -0.396 e. The van der Waals surface area contributed by atoms with E-state index in [-0.39, 0.29) is 6.54 Å². The zero-order valence-electron chi connectivity index (χ0n) is 9.75. The van der Waals surface area contributed by atoms with Crippen molar-refractivity contribution in [3.63, 3.8) is 0 Å². The molecule has 3 N–H and O–H groups in total. The van der Waals surface area contributed by atoms with Gasteiger partial charge >= 0.3 is 0 Å². The lowest BCUT2D eigenvalue weighted by molar-refractivity contribution is 0.0505. The number of hydrogen-bond acceptors (Lipinski definition) is 3. The standard InChI is InChI=1S/C11H12F4N2O2/c12-7-4-8(13)9(16)3-6(7)11(19)17(1-2-18)5-10(14)15/h3-4,10,18H,1-2,5,16H2. The summed E-state index contributed by atoms with van der Waals surface area (Å²) in [6, 6.07) is 1.14. The van der Waals surface area contributed by atoms with Gasteiger partial charge in [-0.2, -0.15) is 0 Å². The van der Waals surface area contributed by atoms with Crippen molar-refractivity contribution in [2.45, 2.75) is 6.43 Å². The van der Waals surface area contributed by atoms with Crippen LogP contribution in [-0.2, 0) is 0 Å². The van der Waals surface area contributed by atoms with Crippen molar-refractivity contribution < 1.29 is 27.5 Å². The number of alkyl halides is 2. The van der Waals surface area contributed by atoms with Crippen molar-refractivity contribution in [2.24, 2.45) is 0 Å². The third kappa shape index (κ3) is 3.82. The average Bonchev–Trinajstić information content (AvgIpc) is 2.32. The van der Waals surface area contributed by atoms with Gasteiger partial charge in [0.05, 0.1) is 24.4 Å². The van der Waals surface area contributed by atoms with Gasteiger partial charge in [-0.25, -0.2) is 17.6 Å². The van der Waals surface area contributed by atoms with Gasteiger partial charge in [0.2, 0.25) is 0 Å². The molecule has 8 heteroatoms. The van der Waals surface area contributed by atoms with Crippen molar-refractivity contribution in [3.05, 3.63) is 29.3 Å². The first-order chi connectivity index (χ1) is 8.86. The summed E-state index contributed by atoms with van der Waals surface area (Å²) < 4.78 is 50.9. The zero-order chi connectivity index (χ0) is 14.6. The lowest BCUT2D eigenvalue weighted by Gasteiger charge is -2.21. The molecule has 19 heavy (non-hydrogen) atoms. The number of nitrogens with zero attached hydrogens (tertiary/aromatic N) is 1. The predicted molar refractivity (Wildman–Crippen MR) is 59.8 cm³/mol. The van der Waals surface area contributed by atoms with Crippen molar-refractivity contribution in [1.29, 1.82) is 0 Å². The van der Waals surface area contributed by atoms with E-state index in [0.717, 1.165) is 6.07 Å². The molecule has 106 valence electrons. The topological polar surface area (TPSA) is 66.6 Å². The van der Waals surface area contributed by atoms with Crippen molar-refractivity contribution in [3.8, 4) is 0 Å². The summed E-state index contributed by atoms with van der Waals surface area (Å²) in [6.07, 6.45) is -2.84. The fourth-order valence-corrected chi connectivity index (χ4v) is 1.46. The van der Waals surface area contributed by atoms with E-state index < -0.39 is 48.4 Å². The number of nitrogens with two attached hydrogens (primary N) is 1. The fourth-order valence-electron chi connectivity index (χ4n) is 1.46. The molecule has 1 amide bonds. The number of amides is 1. The van der Waals surface area contributed by atoms with Gasteiger partial charge in [0, 0.05) is 12.6 Å². The molecule has 0 saturated carbocycles. The van der Waals surface area contributed by atoms with Crippen molar-refractivity contribution >= 4 is 11.6 Å². The minimum atomic E-state index is -2.84. The minimum absolute atomic E-state index is 0.389. The van der Waals surface area contributed by atoms with Crippen LogP contribution >= 0.6 is 0 Å². The molecule has 0 aromatic heterocycles. The molecule has 0 spiro atoms. The maximum absolute atomic E-state index is 13.4. The van der Waals surface area contributed by atoms with E-state index >= 15 is 0 Å².